The highest BCUT2D eigenvalue weighted by Gasteiger charge is 2.30. The van der Waals surface area contributed by atoms with Gasteiger partial charge in [-0.15, -0.1) is 0 Å². The molecule has 0 aliphatic carbocycles. The highest BCUT2D eigenvalue weighted by Crippen LogP contribution is 2.12. The van der Waals surface area contributed by atoms with Gasteiger partial charge < -0.3 is 48.3 Å². The second kappa shape index (κ2) is 18.7. The largest absolute Gasteiger partial charge is 0.508 e. The summed E-state index contributed by atoms with van der Waals surface area (Å²) in [5.74, 6) is -5.72. The third kappa shape index (κ3) is 14.6. The zero-order chi connectivity index (χ0) is 32.5. The van der Waals surface area contributed by atoms with E-state index in [1.807, 2.05) is 0 Å². The minimum absolute atomic E-state index is 0.00881. The number of carboxylic acids is 1. The number of amides is 6. The fourth-order valence-electron chi connectivity index (χ4n) is 3.80. The summed E-state index contributed by atoms with van der Waals surface area (Å²) in [5, 5.41) is 31.1. The third-order valence-electron chi connectivity index (χ3n) is 6.11. The molecule has 238 valence electrons. The molecule has 0 saturated heterocycles. The Morgan fingerprint density at radius 2 is 1.44 bits per heavy atom. The predicted molar refractivity (Wildman–Crippen MR) is 153 cm³/mol. The summed E-state index contributed by atoms with van der Waals surface area (Å²) in [6, 6.07) is 0.600. The van der Waals surface area contributed by atoms with Crippen molar-refractivity contribution in [1.82, 2.24) is 26.6 Å². The molecule has 0 spiro atoms. The standard InChI is InChI=1S/C27H41N7O9/c1-15(31-25(40)21(14-22(29)37)32-23(38)10-12-30-16(2)35)24(39)34-20(13-17-6-8-18(36)9-7-17)26(41)33-19(27(42)43)5-3-4-11-28/h6-9,15,19-21,36H,3-5,10-14,28H2,1-2H3,(H2,29,37)(H,30,35)(H,31,40)(H,32,38)(H,33,41)(H,34,39)(H,42,43)/t15-,19-,20-,21-/m0/s1. The van der Waals surface area contributed by atoms with Crippen LogP contribution in [0, 0.1) is 0 Å². The van der Waals surface area contributed by atoms with E-state index in [0.29, 0.717) is 24.9 Å². The highest BCUT2D eigenvalue weighted by atomic mass is 16.4. The molecule has 0 aliphatic heterocycles. The molecule has 1 aromatic carbocycles. The van der Waals surface area contributed by atoms with Crippen LogP contribution in [0.2, 0.25) is 0 Å². The lowest BCUT2D eigenvalue weighted by atomic mass is 10.0. The van der Waals surface area contributed by atoms with Crippen molar-refractivity contribution in [3.05, 3.63) is 29.8 Å². The lowest BCUT2D eigenvalue weighted by Gasteiger charge is -2.24. The van der Waals surface area contributed by atoms with E-state index in [-0.39, 0.29) is 37.5 Å². The van der Waals surface area contributed by atoms with Crippen LogP contribution < -0.4 is 38.1 Å². The number of phenolic OH excluding ortho intramolecular Hbond substituents is 1. The van der Waals surface area contributed by atoms with Crippen LogP contribution in [0.1, 0.15) is 51.5 Å². The molecule has 11 N–H and O–H groups in total. The first-order valence-electron chi connectivity index (χ1n) is 13.7. The molecule has 0 aliphatic rings. The number of rotatable bonds is 19. The summed E-state index contributed by atoms with van der Waals surface area (Å²) in [4.78, 5) is 85.4. The van der Waals surface area contributed by atoms with Gasteiger partial charge in [0.25, 0.3) is 0 Å². The normalized spacial score (nSPS) is 13.4. The summed E-state index contributed by atoms with van der Waals surface area (Å²) in [7, 11) is 0. The fraction of sp³-hybridized carbons (Fsp3) is 0.519. The van der Waals surface area contributed by atoms with Crippen molar-refractivity contribution < 1.29 is 43.8 Å². The van der Waals surface area contributed by atoms with Crippen molar-refractivity contribution in [2.75, 3.05) is 13.1 Å². The quantitative estimate of drug-likeness (QED) is 0.0746. The van der Waals surface area contributed by atoms with Crippen molar-refractivity contribution in [3.8, 4) is 5.75 Å². The smallest absolute Gasteiger partial charge is 0.326 e. The van der Waals surface area contributed by atoms with Gasteiger partial charge in [0.1, 0.15) is 29.9 Å². The minimum Gasteiger partial charge on any atom is -0.508 e. The molecule has 0 fully saturated rings. The van der Waals surface area contributed by atoms with Gasteiger partial charge in [-0.2, -0.15) is 0 Å². The molecule has 43 heavy (non-hydrogen) atoms. The molecule has 0 saturated carbocycles. The van der Waals surface area contributed by atoms with Gasteiger partial charge in [0.15, 0.2) is 0 Å². The molecule has 0 heterocycles. The van der Waals surface area contributed by atoms with Crippen molar-refractivity contribution in [2.24, 2.45) is 11.5 Å². The van der Waals surface area contributed by atoms with Gasteiger partial charge in [-0.1, -0.05) is 12.1 Å². The van der Waals surface area contributed by atoms with Crippen molar-refractivity contribution in [2.45, 2.75) is 76.5 Å². The highest BCUT2D eigenvalue weighted by molar-refractivity contribution is 5.96. The Balaban J connectivity index is 3.00. The number of nitrogens with two attached hydrogens (primary N) is 2. The van der Waals surface area contributed by atoms with Crippen LogP contribution in [0.4, 0.5) is 0 Å². The Morgan fingerprint density at radius 1 is 0.837 bits per heavy atom. The fourth-order valence-corrected chi connectivity index (χ4v) is 3.80. The summed E-state index contributed by atoms with van der Waals surface area (Å²) in [5.41, 5.74) is 11.2. The van der Waals surface area contributed by atoms with Crippen LogP contribution in [0.25, 0.3) is 0 Å². The Bertz CT molecular complexity index is 1140. The molecule has 1 aromatic rings. The number of carboxylic acid groups (broad SMARTS) is 1. The third-order valence-corrected chi connectivity index (χ3v) is 6.11. The second-order valence-corrected chi connectivity index (χ2v) is 9.87. The molecule has 0 radical (unpaired) electrons. The van der Waals surface area contributed by atoms with Crippen molar-refractivity contribution >= 4 is 41.4 Å². The number of unbranched alkanes of at least 4 members (excludes halogenated alkanes) is 1. The van der Waals surface area contributed by atoms with Gasteiger partial charge in [-0.3, -0.25) is 28.8 Å². The van der Waals surface area contributed by atoms with E-state index in [1.54, 1.807) is 0 Å². The Morgan fingerprint density at radius 3 is 2.00 bits per heavy atom. The number of nitrogens with one attached hydrogen (secondary N) is 5. The Kier molecular flexibility index (Phi) is 15.7. The van der Waals surface area contributed by atoms with Gasteiger partial charge in [0, 0.05) is 26.3 Å². The van der Waals surface area contributed by atoms with Gasteiger partial charge in [0.2, 0.25) is 35.4 Å². The summed E-state index contributed by atoms with van der Waals surface area (Å²) in [6.07, 6.45) is 0.276. The van der Waals surface area contributed by atoms with E-state index in [9.17, 15) is 43.8 Å². The number of hydrogen-bond donors (Lipinski definition) is 9. The maximum absolute atomic E-state index is 13.1. The van der Waals surface area contributed by atoms with Crippen LogP contribution in [0.5, 0.6) is 5.75 Å². The molecular weight excluding hydrogens is 566 g/mol. The zero-order valence-electron chi connectivity index (χ0n) is 24.2. The lowest BCUT2D eigenvalue weighted by Crippen LogP contribution is -2.57. The second-order valence-electron chi connectivity index (χ2n) is 9.87. The number of carbonyl (C=O) groups is 7. The Hall–Kier alpha value is -4.73. The number of benzene rings is 1. The number of carbonyl (C=O) groups excluding carboxylic acids is 6. The number of phenols is 1. The van der Waals surface area contributed by atoms with Crippen molar-refractivity contribution in [3.63, 3.8) is 0 Å². The topological polar surface area (TPSA) is 272 Å². The average Bonchev–Trinajstić information content (AvgIpc) is 2.92. The van der Waals surface area contributed by atoms with Crippen LogP contribution in [0.15, 0.2) is 24.3 Å². The zero-order valence-corrected chi connectivity index (χ0v) is 24.2. The average molecular weight is 608 g/mol. The van der Waals surface area contributed by atoms with Crippen LogP contribution in [-0.2, 0) is 40.0 Å². The van der Waals surface area contributed by atoms with E-state index >= 15 is 0 Å². The molecule has 0 unspecified atom stereocenters. The van der Waals surface area contributed by atoms with Gasteiger partial charge in [-0.25, -0.2) is 4.79 Å². The van der Waals surface area contributed by atoms with E-state index < -0.39 is 66.1 Å². The van der Waals surface area contributed by atoms with Gasteiger partial charge in [-0.05, 0) is 50.4 Å². The van der Waals surface area contributed by atoms with E-state index in [0.717, 1.165) is 0 Å². The molecule has 1 rings (SSSR count). The first kappa shape index (κ1) is 36.3. The summed E-state index contributed by atoms with van der Waals surface area (Å²) < 4.78 is 0. The van der Waals surface area contributed by atoms with Gasteiger partial charge in [0.05, 0.1) is 6.42 Å². The summed E-state index contributed by atoms with van der Waals surface area (Å²) in [6.45, 7) is 2.91. The molecular formula is C27H41N7O9. The first-order valence-corrected chi connectivity index (χ1v) is 13.7. The number of aromatic hydroxyl groups is 1. The summed E-state index contributed by atoms with van der Waals surface area (Å²) >= 11 is 0. The number of aliphatic carboxylic acids is 1. The number of primary amides is 1. The van der Waals surface area contributed by atoms with Crippen LogP contribution in [-0.4, -0.2) is 88.9 Å². The van der Waals surface area contributed by atoms with Crippen molar-refractivity contribution in [1.29, 1.82) is 0 Å². The monoisotopic (exact) mass is 607 g/mol. The molecule has 6 amide bonds. The van der Waals surface area contributed by atoms with E-state index in [4.69, 9.17) is 11.5 Å². The maximum Gasteiger partial charge on any atom is 0.326 e. The lowest BCUT2D eigenvalue weighted by molar-refractivity contribution is -0.142. The number of hydrogen-bond acceptors (Lipinski definition) is 9. The molecule has 16 nitrogen and oxygen atoms in total. The Labute approximate surface area is 248 Å². The SMILES string of the molecule is CC(=O)NCCC(=O)N[C@@H](CC(N)=O)C(=O)N[C@@H](C)C(=O)N[C@@H](Cc1ccc(O)cc1)C(=O)N[C@@H](CCCCN)C(=O)O. The van der Waals surface area contributed by atoms with Crippen LogP contribution in [0.3, 0.4) is 0 Å². The molecule has 0 bridgehead atoms. The molecule has 16 heteroatoms. The molecule has 0 aromatic heterocycles. The van der Waals surface area contributed by atoms with E-state index in [2.05, 4.69) is 26.6 Å². The van der Waals surface area contributed by atoms with E-state index in [1.165, 1.54) is 38.1 Å². The van der Waals surface area contributed by atoms with Gasteiger partial charge >= 0.3 is 5.97 Å². The first-order chi connectivity index (χ1) is 20.2. The van der Waals surface area contributed by atoms with Crippen LogP contribution >= 0.6 is 0 Å². The molecule has 4 atom stereocenters. The minimum atomic E-state index is -1.42. The predicted octanol–water partition coefficient (Wildman–Crippen LogP) is -2.49. The maximum atomic E-state index is 13.1.